The van der Waals surface area contributed by atoms with E-state index >= 15 is 0 Å². The summed E-state index contributed by atoms with van der Waals surface area (Å²) < 4.78 is 18.5. The van der Waals surface area contributed by atoms with Gasteiger partial charge >= 0.3 is 5.97 Å². The minimum atomic E-state index is -0.607. The first-order valence-electron chi connectivity index (χ1n) is 7.30. The third-order valence-electron chi connectivity index (χ3n) is 3.28. The van der Waals surface area contributed by atoms with Crippen LogP contribution in [0.2, 0.25) is 5.02 Å². The average molecular weight is 328 g/mol. The summed E-state index contributed by atoms with van der Waals surface area (Å²) in [7, 11) is 0. The van der Waals surface area contributed by atoms with E-state index in [1.165, 1.54) is 0 Å². The third-order valence-corrected chi connectivity index (χ3v) is 3.65. The molecule has 0 bridgehead atoms. The molecule has 0 fully saturated rings. The minimum Gasteiger partial charge on any atom is -0.464 e. The molecular weight excluding hydrogens is 305 g/mol. The number of rotatable bonds is 9. The Balaban J connectivity index is 2.75. The number of ether oxygens (including phenoxy) is 1. The molecule has 1 rings (SSSR count). The van der Waals surface area contributed by atoms with E-state index in [4.69, 9.17) is 16.3 Å². The van der Waals surface area contributed by atoms with Crippen molar-refractivity contribution < 1.29 is 13.9 Å². The van der Waals surface area contributed by atoms with Crippen molar-refractivity contribution in [3.8, 4) is 0 Å². The van der Waals surface area contributed by atoms with E-state index in [0.29, 0.717) is 18.1 Å². The van der Waals surface area contributed by atoms with Crippen LogP contribution in [0.4, 0.5) is 4.39 Å². The second kappa shape index (κ2) is 9.59. The van der Waals surface area contributed by atoms with Crippen molar-refractivity contribution in [2.45, 2.75) is 26.4 Å². The second-order valence-corrected chi connectivity index (χ2v) is 5.81. The summed E-state index contributed by atoms with van der Waals surface area (Å²) >= 11 is 6.15. The second-order valence-electron chi connectivity index (χ2n) is 5.40. The van der Waals surface area contributed by atoms with Gasteiger partial charge in [0.05, 0.1) is 12.0 Å². The van der Waals surface area contributed by atoms with Gasteiger partial charge < -0.3 is 4.74 Å². The summed E-state index contributed by atoms with van der Waals surface area (Å²) in [4.78, 5) is 13.4. The highest BCUT2D eigenvalue weighted by Crippen LogP contribution is 2.18. The van der Waals surface area contributed by atoms with Crippen LogP contribution in [0.1, 0.15) is 19.4 Å². The smallest absolute Gasteiger partial charge is 0.308 e. The molecule has 1 aromatic rings. The van der Waals surface area contributed by atoms with Crippen LogP contribution < -0.4 is 0 Å². The maximum absolute atomic E-state index is 13.4. The van der Waals surface area contributed by atoms with Crippen molar-refractivity contribution in [3.05, 3.63) is 47.5 Å². The first-order chi connectivity index (χ1) is 10.5. The zero-order valence-corrected chi connectivity index (χ0v) is 13.9. The fraction of sp³-hybridized carbons (Fsp3) is 0.471. The van der Waals surface area contributed by atoms with Crippen LogP contribution in [0, 0.1) is 5.92 Å². The number of carbonyl (C=O) groups excluding carboxylic acids is 1. The zero-order valence-electron chi connectivity index (χ0n) is 13.1. The normalized spacial score (nSPS) is 12.5. The molecule has 0 aliphatic heterocycles. The Morgan fingerprint density at radius 1 is 1.45 bits per heavy atom. The van der Waals surface area contributed by atoms with Crippen LogP contribution in [-0.4, -0.2) is 36.7 Å². The molecule has 122 valence electrons. The topological polar surface area (TPSA) is 29.5 Å². The monoisotopic (exact) mass is 327 g/mol. The number of esters is 1. The molecule has 5 heteroatoms. The summed E-state index contributed by atoms with van der Waals surface area (Å²) in [6, 6.07) is 6.91. The van der Waals surface area contributed by atoms with E-state index in [9.17, 15) is 9.18 Å². The molecule has 1 unspecified atom stereocenters. The highest BCUT2D eigenvalue weighted by atomic mass is 35.5. The molecule has 0 aromatic heterocycles. The van der Waals surface area contributed by atoms with Gasteiger partial charge in [-0.15, -0.1) is 6.58 Å². The number of benzene rings is 1. The van der Waals surface area contributed by atoms with E-state index in [1.54, 1.807) is 26.0 Å². The molecular formula is C17H23ClFNO2. The van der Waals surface area contributed by atoms with Crippen molar-refractivity contribution in [2.75, 3.05) is 19.8 Å². The first kappa shape index (κ1) is 18.7. The van der Waals surface area contributed by atoms with Crippen molar-refractivity contribution >= 4 is 17.6 Å². The molecule has 3 nitrogen and oxygen atoms in total. The van der Waals surface area contributed by atoms with E-state index in [1.807, 2.05) is 23.1 Å². The Kier molecular flexibility index (Phi) is 8.13. The number of alkyl halides is 1. The summed E-state index contributed by atoms with van der Waals surface area (Å²) in [6.07, 6.45) is 1.70. The number of halogens is 2. The van der Waals surface area contributed by atoms with E-state index in [0.717, 1.165) is 5.56 Å². The largest absolute Gasteiger partial charge is 0.464 e. The van der Waals surface area contributed by atoms with Gasteiger partial charge in [0.2, 0.25) is 0 Å². The lowest BCUT2D eigenvalue weighted by molar-refractivity contribution is -0.149. The van der Waals surface area contributed by atoms with Gasteiger partial charge in [0, 0.05) is 18.1 Å². The van der Waals surface area contributed by atoms with E-state index in [2.05, 4.69) is 6.58 Å². The molecule has 1 aromatic carbocycles. The lowest BCUT2D eigenvalue weighted by Crippen LogP contribution is -2.41. The minimum absolute atomic E-state index is 0.0196. The third kappa shape index (κ3) is 5.78. The molecule has 0 aliphatic rings. The fourth-order valence-corrected chi connectivity index (χ4v) is 2.14. The average Bonchev–Trinajstić information content (AvgIpc) is 2.49. The molecule has 0 saturated heterocycles. The summed E-state index contributed by atoms with van der Waals surface area (Å²) in [5, 5.41) is 0.633. The predicted molar refractivity (Wildman–Crippen MR) is 87.6 cm³/mol. The molecule has 0 N–H and O–H groups in total. The molecule has 0 saturated carbocycles. The molecule has 1 atom stereocenters. The Bertz CT molecular complexity index is 493. The standard InChI is InChI=1S/C17H23ClFNO2/c1-4-9-20(11-14-7-5-6-8-16(14)18)15(10-19)12-22-17(21)13(2)3/h4-8,13,15H,1,9-12H2,2-3H3. The Labute approximate surface area is 136 Å². The number of hydrogen-bond donors (Lipinski definition) is 0. The maximum atomic E-state index is 13.4. The van der Waals surface area contributed by atoms with E-state index < -0.39 is 12.7 Å². The predicted octanol–water partition coefficient (Wildman–Crippen LogP) is 3.87. The van der Waals surface area contributed by atoms with Crippen LogP contribution in [0.5, 0.6) is 0 Å². The molecule has 0 amide bonds. The van der Waals surface area contributed by atoms with Crippen LogP contribution in [0.15, 0.2) is 36.9 Å². The van der Waals surface area contributed by atoms with Gasteiger partial charge in [-0.05, 0) is 11.6 Å². The molecule has 0 radical (unpaired) electrons. The van der Waals surface area contributed by atoms with Crippen LogP contribution in [0.3, 0.4) is 0 Å². The van der Waals surface area contributed by atoms with Gasteiger partial charge in [0.1, 0.15) is 13.3 Å². The number of hydrogen-bond acceptors (Lipinski definition) is 3. The quantitative estimate of drug-likeness (QED) is 0.509. The summed E-state index contributed by atoms with van der Waals surface area (Å²) in [5.41, 5.74) is 0.902. The van der Waals surface area contributed by atoms with Gasteiger partial charge in [-0.3, -0.25) is 9.69 Å². The molecule has 0 aliphatic carbocycles. The lowest BCUT2D eigenvalue weighted by atomic mass is 10.1. The van der Waals surface area contributed by atoms with E-state index in [-0.39, 0.29) is 18.5 Å². The lowest BCUT2D eigenvalue weighted by Gasteiger charge is -2.29. The Morgan fingerprint density at radius 2 is 2.14 bits per heavy atom. The Morgan fingerprint density at radius 3 is 2.68 bits per heavy atom. The van der Waals surface area contributed by atoms with Gasteiger partial charge in [0.15, 0.2) is 0 Å². The maximum Gasteiger partial charge on any atom is 0.308 e. The van der Waals surface area contributed by atoms with Crippen molar-refractivity contribution in [2.24, 2.45) is 5.92 Å². The van der Waals surface area contributed by atoms with Crippen LogP contribution >= 0.6 is 11.6 Å². The molecule has 0 spiro atoms. The molecule has 22 heavy (non-hydrogen) atoms. The SMILES string of the molecule is C=CCN(Cc1ccccc1Cl)C(CF)COC(=O)C(C)C. The molecule has 0 heterocycles. The highest BCUT2D eigenvalue weighted by Gasteiger charge is 2.21. The zero-order chi connectivity index (χ0) is 16.5. The van der Waals surface area contributed by atoms with Gasteiger partial charge in [-0.1, -0.05) is 49.7 Å². The van der Waals surface area contributed by atoms with Crippen LogP contribution in [0.25, 0.3) is 0 Å². The number of nitrogens with zero attached hydrogens (tertiary/aromatic N) is 1. The fourth-order valence-electron chi connectivity index (χ4n) is 1.95. The summed E-state index contributed by atoms with van der Waals surface area (Å²) in [5.74, 6) is -0.550. The van der Waals surface area contributed by atoms with Crippen LogP contribution in [-0.2, 0) is 16.1 Å². The van der Waals surface area contributed by atoms with Gasteiger partial charge in [-0.25, -0.2) is 4.39 Å². The highest BCUT2D eigenvalue weighted by molar-refractivity contribution is 6.31. The van der Waals surface area contributed by atoms with Crippen molar-refractivity contribution in [3.63, 3.8) is 0 Å². The first-order valence-corrected chi connectivity index (χ1v) is 7.68. The van der Waals surface area contributed by atoms with Crippen molar-refractivity contribution in [1.29, 1.82) is 0 Å². The van der Waals surface area contributed by atoms with Gasteiger partial charge in [0.25, 0.3) is 0 Å². The van der Waals surface area contributed by atoms with Gasteiger partial charge in [-0.2, -0.15) is 0 Å². The number of carbonyl (C=O) groups is 1. The Hall–Kier alpha value is -1.39. The summed E-state index contributed by atoms with van der Waals surface area (Å²) in [6.45, 7) is 7.57. The van der Waals surface area contributed by atoms with Crippen molar-refractivity contribution in [1.82, 2.24) is 4.90 Å².